The van der Waals surface area contributed by atoms with Crippen molar-refractivity contribution < 1.29 is 47.6 Å². The van der Waals surface area contributed by atoms with E-state index in [1.807, 2.05) is 62.4 Å². The van der Waals surface area contributed by atoms with Crippen LogP contribution in [0.5, 0.6) is 0 Å². The van der Waals surface area contributed by atoms with E-state index in [0.717, 1.165) is 22.4 Å². The summed E-state index contributed by atoms with van der Waals surface area (Å²) in [7, 11) is 0.0345. The van der Waals surface area contributed by atoms with E-state index in [2.05, 4.69) is 71.0 Å². The number of methoxy groups -OCH3 is 2. The number of hydrogen-bond acceptors (Lipinski definition) is 10. The first-order valence-electron chi connectivity index (χ1n) is 22.4. The van der Waals surface area contributed by atoms with Gasteiger partial charge in [-0.05, 0) is 64.6 Å². The molecular weight excluding hydrogens is 813 g/mol. The van der Waals surface area contributed by atoms with Crippen LogP contribution >= 0.6 is 0 Å². The van der Waals surface area contributed by atoms with E-state index in [0.29, 0.717) is 11.1 Å². The maximum Gasteiger partial charge on any atom is 0.346 e. The average Bonchev–Trinajstić information content (AvgIpc) is 3.49. The zero-order valence-electron chi connectivity index (χ0n) is 38.6. The quantitative estimate of drug-likeness (QED) is 0.0778. The predicted octanol–water partition coefficient (Wildman–Crippen LogP) is 8.13. The third-order valence-electron chi connectivity index (χ3n) is 14.8. The Hall–Kier alpha value is -4.23. The molecule has 11 heteroatoms. The minimum absolute atomic E-state index is 0.0355. The van der Waals surface area contributed by atoms with Gasteiger partial charge in [-0.2, -0.15) is 0 Å². The highest BCUT2D eigenvalue weighted by Crippen LogP contribution is 2.60. The molecule has 2 fully saturated rings. The fourth-order valence-corrected chi connectivity index (χ4v) is 16.6. The SMILES string of the molecule is COCO[C@@H]1[C@H]2C=C[C@H]3C(C)=CCC(=O)/C(C)=C/[C@@H]4[C@@H](OCOC)C=C(CO[Si](c5ccccc5)(c5ccccc5)C(C)(C)C)C[C@]45OC(=O)/C(=C(\O)[C@@]3(C)[C@@H]2[C@@H](C)C[C@@H]1C)C5=O. The van der Waals surface area contributed by atoms with E-state index in [-0.39, 0.29) is 85.0 Å². The van der Waals surface area contributed by atoms with Crippen molar-refractivity contribution in [2.75, 3.05) is 34.4 Å². The summed E-state index contributed by atoms with van der Waals surface area (Å²) in [6, 6.07) is 20.6. The van der Waals surface area contributed by atoms with E-state index in [9.17, 15) is 14.7 Å². The lowest BCUT2D eigenvalue weighted by Gasteiger charge is -2.56. The van der Waals surface area contributed by atoms with Gasteiger partial charge >= 0.3 is 5.97 Å². The number of ketones is 2. The van der Waals surface area contributed by atoms with Crippen LogP contribution in [0.3, 0.4) is 0 Å². The molecule has 2 aromatic carbocycles. The highest BCUT2D eigenvalue weighted by molar-refractivity contribution is 6.99. The summed E-state index contributed by atoms with van der Waals surface area (Å²) < 4.78 is 37.4. The summed E-state index contributed by atoms with van der Waals surface area (Å²) in [5.41, 5.74) is -1.43. The lowest BCUT2D eigenvalue weighted by molar-refractivity contribution is -0.165. The molecule has 10 nitrogen and oxygen atoms in total. The van der Waals surface area contributed by atoms with Gasteiger partial charge in [-0.25, -0.2) is 4.79 Å². The van der Waals surface area contributed by atoms with Crippen LogP contribution in [0.25, 0.3) is 0 Å². The second-order valence-electron chi connectivity index (χ2n) is 19.8. The number of benzene rings is 2. The molecule has 2 bridgehead atoms. The molecule has 0 amide bonds. The molecule has 0 radical (unpaired) electrons. The summed E-state index contributed by atoms with van der Waals surface area (Å²) in [6.07, 6.45) is 9.56. The Morgan fingerprint density at radius 1 is 0.857 bits per heavy atom. The second-order valence-corrected chi connectivity index (χ2v) is 24.1. The molecule has 338 valence electrons. The Balaban J connectivity index is 1.40. The number of aliphatic hydroxyl groups excluding tert-OH is 1. The van der Waals surface area contributed by atoms with Crippen LogP contribution in [0.2, 0.25) is 5.04 Å². The average molecular weight is 879 g/mol. The zero-order chi connectivity index (χ0) is 45.5. The third-order valence-corrected chi connectivity index (χ3v) is 19.8. The van der Waals surface area contributed by atoms with Crippen molar-refractivity contribution in [2.45, 2.75) is 97.5 Å². The third kappa shape index (κ3) is 8.12. The van der Waals surface area contributed by atoms with Crippen molar-refractivity contribution in [1.82, 2.24) is 0 Å². The maximum absolute atomic E-state index is 15.7. The van der Waals surface area contributed by atoms with Crippen LogP contribution in [0.1, 0.15) is 74.7 Å². The number of ether oxygens (including phenoxy) is 5. The number of carbonyl (C=O) groups excluding carboxylic acids is 3. The Kier molecular flexibility index (Phi) is 13.6. The first-order chi connectivity index (χ1) is 30.0. The predicted molar refractivity (Wildman–Crippen MR) is 245 cm³/mol. The van der Waals surface area contributed by atoms with Gasteiger partial charge in [-0.1, -0.05) is 138 Å². The van der Waals surface area contributed by atoms with Crippen LogP contribution in [-0.4, -0.2) is 83.2 Å². The highest BCUT2D eigenvalue weighted by Gasteiger charge is 2.65. The molecule has 1 aliphatic heterocycles. The van der Waals surface area contributed by atoms with Gasteiger partial charge in [0, 0.05) is 44.3 Å². The topological polar surface area (TPSA) is 127 Å². The minimum atomic E-state index is -3.07. The molecule has 5 aliphatic rings. The zero-order valence-corrected chi connectivity index (χ0v) is 39.6. The smallest absolute Gasteiger partial charge is 0.346 e. The van der Waals surface area contributed by atoms with Crippen LogP contribution in [0.4, 0.5) is 0 Å². The van der Waals surface area contributed by atoms with Gasteiger partial charge in [0.2, 0.25) is 5.78 Å². The Bertz CT molecular complexity index is 2160. The number of fused-ring (bicyclic) bond motifs is 4. The number of carbonyl (C=O) groups is 3. The van der Waals surface area contributed by atoms with Crippen molar-refractivity contribution in [3.8, 4) is 0 Å². The Labute approximate surface area is 374 Å². The number of rotatable bonds is 11. The van der Waals surface area contributed by atoms with Gasteiger partial charge in [0.25, 0.3) is 8.32 Å². The molecule has 7 rings (SSSR count). The molecule has 1 saturated heterocycles. The molecule has 0 aromatic heterocycles. The van der Waals surface area contributed by atoms with Gasteiger partial charge < -0.3 is 33.2 Å². The molecule has 1 spiro atoms. The normalized spacial score (nSPS) is 34.5. The van der Waals surface area contributed by atoms with Crippen LogP contribution < -0.4 is 10.4 Å². The lowest BCUT2D eigenvalue weighted by Crippen LogP contribution is -2.66. The van der Waals surface area contributed by atoms with Crippen LogP contribution in [-0.2, 0) is 42.5 Å². The molecular formula is C52H66O10Si. The monoisotopic (exact) mass is 878 g/mol. The summed E-state index contributed by atoms with van der Waals surface area (Å²) in [4.78, 5) is 44.6. The second kappa shape index (κ2) is 18.3. The van der Waals surface area contributed by atoms with E-state index >= 15 is 4.79 Å². The molecule has 1 saturated carbocycles. The van der Waals surface area contributed by atoms with Gasteiger partial charge in [-0.3, -0.25) is 9.59 Å². The van der Waals surface area contributed by atoms with Crippen molar-refractivity contribution in [3.05, 3.63) is 119 Å². The molecule has 2 aromatic rings. The van der Waals surface area contributed by atoms with Crippen molar-refractivity contribution in [2.24, 2.45) is 40.9 Å². The Morgan fingerprint density at radius 2 is 1.48 bits per heavy atom. The standard InChI is InChI=1S/C52H66O10Si/c1-32-21-24-42(53)33(2)26-41-43(59-30-57-9)27-36(29-61-63(50(5,6)7,37-17-13-11-14-18-37)38-19-15-12-16-20-38)28-52(41)48(55)44(49(56)62-52)47(54)51(8)40(32)23-22-39-45(51)34(3)25-35(4)46(39)60-31-58-10/h11-23,26-27,34-35,39-41,43,45-46,54H,24-25,28-31H2,1-10H3/b32-21?,33-26+,47-44-/t34-,35-,39-,40-,41+,43-,45+,46-,51+,52-/m0/s1. The summed E-state index contributed by atoms with van der Waals surface area (Å²) in [5, 5.41) is 14.9. The van der Waals surface area contributed by atoms with Crippen molar-refractivity contribution >= 4 is 36.2 Å². The van der Waals surface area contributed by atoms with Gasteiger partial charge in [0.1, 0.15) is 24.9 Å². The lowest BCUT2D eigenvalue weighted by atomic mass is 9.49. The van der Waals surface area contributed by atoms with E-state index in [1.54, 1.807) is 20.1 Å². The van der Waals surface area contributed by atoms with E-state index in [4.69, 9.17) is 28.1 Å². The van der Waals surface area contributed by atoms with Gasteiger partial charge in [0.05, 0.1) is 24.7 Å². The van der Waals surface area contributed by atoms with Gasteiger partial charge in [0.15, 0.2) is 11.4 Å². The first-order valence-corrected chi connectivity index (χ1v) is 24.3. The molecule has 63 heavy (non-hydrogen) atoms. The van der Waals surface area contributed by atoms with E-state index in [1.165, 1.54) is 7.11 Å². The van der Waals surface area contributed by atoms with Crippen molar-refractivity contribution in [1.29, 1.82) is 0 Å². The number of hydrogen-bond donors (Lipinski definition) is 1. The fraction of sp³-hybridized carbons (Fsp3) is 0.519. The number of esters is 1. The summed E-state index contributed by atoms with van der Waals surface area (Å²) in [5.74, 6) is -3.53. The Morgan fingerprint density at radius 3 is 2.08 bits per heavy atom. The van der Waals surface area contributed by atoms with E-state index < -0.39 is 49.0 Å². The molecule has 0 unspecified atom stereocenters. The maximum atomic E-state index is 15.7. The number of Topliss-reactive ketones (excluding diaryl/α,β-unsaturated/α-hetero) is 2. The summed E-state index contributed by atoms with van der Waals surface area (Å²) >= 11 is 0. The molecule has 10 atom stereocenters. The number of aliphatic hydroxyl groups is 1. The highest BCUT2D eigenvalue weighted by atomic mass is 28.4. The first kappa shape index (κ1) is 46.8. The summed E-state index contributed by atoms with van der Waals surface area (Å²) in [6.45, 7) is 16.7. The number of allylic oxidation sites excluding steroid dienone is 5. The minimum Gasteiger partial charge on any atom is -0.511 e. The molecule has 1 N–H and O–H groups in total. The molecule has 1 heterocycles. The van der Waals surface area contributed by atoms with Crippen LogP contribution in [0.15, 0.2) is 119 Å². The van der Waals surface area contributed by atoms with Crippen LogP contribution in [0, 0.1) is 40.9 Å². The molecule has 4 aliphatic carbocycles. The largest absolute Gasteiger partial charge is 0.511 e. The van der Waals surface area contributed by atoms with Crippen molar-refractivity contribution in [3.63, 3.8) is 0 Å². The van der Waals surface area contributed by atoms with Gasteiger partial charge in [-0.15, -0.1) is 0 Å². The fourth-order valence-electron chi connectivity index (χ4n) is 12.0.